The Labute approximate surface area is 146 Å². The number of benzene rings is 2. The zero-order chi connectivity index (χ0) is 17.4. The number of rotatable bonds is 2. The van der Waals surface area contributed by atoms with E-state index in [0.29, 0.717) is 6.54 Å². The molecule has 0 radical (unpaired) electrons. The van der Waals surface area contributed by atoms with Crippen molar-refractivity contribution in [3.05, 3.63) is 59.8 Å². The van der Waals surface area contributed by atoms with E-state index in [9.17, 15) is 4.79 Å². The third-order valence-corrected chi connectivity index (χ3v) is 4.94. The Hall–Kier alpha value is -2.95. The van der Waals surface area contributed by atoms with Gasteiger partial charge in [-0.3, -0.25) is 0 Å². The predicted molar refractivity (Wildman–Crippen MR) is 99.1 cm³/mol. The highest BCUT2D eigenvalue weighted by Crippen LogP contribution is 2.34. The maximum absolute atomic E-state index is 12.7. The molecular weight excluding hydrogens is 314 g/mol. The highest BCUT2D eigenvalue weighted by atomic mass is 16.5. The lowest BCUT2D eigenvalue weighted by molar-refractivity contribution is 0.187. The molecule has 128 valence electrons. The number of carbonyl (C=O) groups is 1. The zero-order valence-corrected chi connectivity index (χ0v) is 14.4. The lowest BCUT2D eigenvalue weighted by Gasteiger charge is -2.33. The summed E-state index contributed by atoms with van der Waals surface area (Å²) in [6.45, 7) is 2.78. The number of methoxy groups -OCH3 is 1. The number of H-pyrrole nitrogens is 1. The van der Waals surface area contributed by atoms with E-state index in [4.69, 9.17) is 4.74 Å². The second-order valence-corrected chi connectivity index (χ2v) is 6.34. The molecule has 0 spiro atoms. The lowest BCUT2D eigenvalue weighted by atomic mass is 9.98. The van der Waals surface area contributed by atoms with Gasteiger partial charge in [0.2, 0.25) is 0 Å². The van der Waals surface area contributed by atoms with Gasteiger partial charge in [0.05, 0.1) is 13.2 Å². The summed E-state index contributed by atoms with van der Waals surface area (Å²) in [6.07, 6.45) is 0.861. The van der Waals surface area contributed by atoms with Gasteiger partial charge in [-0.05, 0) is 49.2 Å². The van der Waals surface area contributed by atoms with Gasteiger partial charge in [-0.1, -0.05) is 18.2 Å². The van der Waals surface area contributed by atoms with Gasteiger partial charge in [0.1, 0.15) is 5.75 Å². The minimum atomic E-state index is -0.0815. The first-order valence-electron chi connectivity index (χ1n) is 8.48. The number of hydrogen-bond acceptors (Lipinski definition) is 2. The van der Waals surface area contributed by atoms with Crippen LogP contribution in [-0.4, -0.2) is 29.6 Å². The van der Waals surface area contributed by atoms with Crippen LogP contribution in [0.2, 0.25) is 0 Å². The van der Waals surface area contributed by atoms with Gasteiger partial charge in [-0.2, -0.15) is 0 Å². The standard InChI is InChI=1S/C20H21N3O2/c1-13-19-17(16-5-3-4-6-18(16)22-19)11-12-23(13)20(24)21-14-7-9-15(25-2)10-8-14/h3-10,13,22H,11-12H2,1-2H3,(H,21,24)/t13-/m1/s1. The van der Waals surface area contributed by atoms with Crippen molar-refractivity contribution in [2.45, 2.75) is 19.4 Å². The summed E-state index contributed by atoms with van der Waals surface area (Å²) in [4.78, 5) is 18.1. The van der Waals surface area contributed by atoms with Crippen LogP contribution in [0.15, 0.2) is 48.5 Å². The number of amides is 2. The second kappa shape index (κ2) is 6.16. The van der Waals surface area contributed by atoms with E-state index < -0.39 is 0 Å². The SMILES string of the molecule is COc1ccc(NC(=O)N2CCc3c([nH]c4ccccc34)[C@H]2C)cc1. The number of urea groups is 1. The van der Waals surface area contributed by atoms with Crippen LogP contribution in [0, 0.1) is 0 Å². The normalized spacial score (nSPS) is 16.6. The number of nitrogens with one attached hydrogen (secondary N) is 2. The summed E-state index contributed by atoms with van der Waals surface area (Å²) in [7, 11) is 1.63. The van der Waals surface area contributed by atoms with Crippen molar-refractivity contribution in [2.24, 2.45) is 0 Å². The minimum Gasteiger partial charge on any atom is -0.497 e. The molecule has 2 amide bonds. The van der Waals surface area contributed by atoms with Crippen molar-refractivity contribution in [2.75, 3.05) is 19.0 Å². The number of nitrogens with zero attached hydrogens (tertiary/aromatic N) is 1. The van der Waals surface area contributed by atoms with Crippen molar-refractivity contribution in [1.82, 2.24) is 9.88 Å². The summed E-state index contributed by atoms with van der Waals surface area (Å²) < 4.78 is 5.15. The van der Waals surface area contributed by atoms with Gasteiger partial charge < -0.3 is 19.9 Å². The molecule has 0 fully saturated rings. The monoisotopic (exact) mass is 335 g/mol. The molecule has 5 heteroatoms. The molecule has 0 aliphatic carbocycles. The number of ether oxygens (including phenoxy) is 1. The molecule has 1 aromatic heterocycles. The Morgan fingerprint density at radius 3 is 2.72 bits per heavy atom. The number of aromatic amines is 1. The average molecular weight is 335 g/mol. The third-order valence-electron chi connectivity index (χ3n) is 4.94. The van der Waals surface area contributed by atoms with E-state index in [2.05, 4.69) is 35.4 Å². The van der Waals surface area contributed by atoms with Crippen LogP contribution in [0.4, 0.5) is 10.5 Å². The first kappa shape index (κ1) is 15.6. The van der Waals surface area contributed by atoms with Crippen molar-refractivity contribution in [3.63, 3.8) is 0 Å². The van der Waals surface area contributed by atoms with Crippen LogP contribution in [0.1, 0.15) is 24.2 Å². The topological polar surface area (TPSA) is 57.4 Å². The Morgan fingerprint density at radius 1 is 1.20 bits per heavy atom. The molecule has 3 aromatic rings. The third kappa shape index (κ3) is 2.71. The van der Waals surface area contributed by atoms with Crippen molar-refractivity contribution >= 4 is 22.6 Å². The fraction of sp³-hybridized carbons (Fsp3) is 0.250. The van der Waals surface area contributed by atoms with Gasteiger partial charge >= 0.3 is 6.03 Å². The smallest absolute Gasteiger partial charge is 0.322 e. The van der Waals surface area contributed by atoms with E-state index in [1.54, 1.807) is 7.11 Å². The molecule has 1 atom stereocenters. The molecule has 4 rings (SSSR count). The van der Waals surface area contributed by atoms with Gasteiger partial charge in [-0.15, -0.1) is 0 Å². The predicted octanol–water partition coefficient (Wildman–Crippen LogP) is 4.33. The summed E-state index contributed by atoms with van der Waals surface area (Å²) in [5.41, 5.74) is 4.37. The largest absolute Gasteiger partial charge is 0.497 e. The number of para-hydroxylation sites is 1. The fourth-order valence-electron chi connectivity index (χ4n) is 3.58. The number of carbonyl (C=O) groups excluding carboxylic acids is 1. The molecule has 0 unspecified atom stereocenters. The molecule has 2 aromatic carbocycles. The van der Waals surface area contributed by atoms with Gasteiger partial charge in [0.15, 0.2) is 0 Å². The highest BCUT2D eigenvalue weighted by Gasteiger charge is 2.30. The Bertz CT molecular complexity index is 914. The van der Waals surface area contributed by atoms with Crippen molar-refractivity contribution < 1.29 is 9.53 Å². The second-order valence-electron chi connectivity index (χ2n) is 6.34. The number of fused-ring (bicyclic) bond motifs is 3. The van der Waals surface area contributed by atoms with Crippen LogP contribution in [0.5, 0.6) is 5.75 Å². The quantitative estimate of drug-likeness (QED) is 0.732. The Balaban J connectivity index is 1.56. The van der Waals surface area contributed by atoms with E-state index >= 15 is 0 Å². The van der Waals surface area contributed by atoms with Crippen LogP contribution in [-0.2, 0) is 6.42 Å². The highest BCUT2D eigenvalue weighted by molar-refractivity contribution is 5.91. The Kier molecular flexibility index (Phi) is 3.84. The molecular formula is C20H21N3O2. The van der Waals surface area contributed by atoms with Gasteiger partial charge in [0.25, 0.3) is 0 Å². The summed E-state index contributed by atoms with van der Waals surface area (Å²) in [5.74, 6) is 0.770. The summed E-state index contributed by atoms with van der Waals surface area (Å²) >= 11 is 0. The molecule has 5 nitrogen and oxygen atoms in total. The number of hydrogen-bond donors (Lipinski definition) is 2. The molecule has 0 bridgehead atoms. The molecule has 0 saturated carbocycles. The van der Waals surface area contributed by atoms with E-state index in [1.807, 2.05) is 35.2 Å². The van der Waals surface area contributed by atoms with Crippen LogP contribution >= 0.6 is 0 Å². The molecule has 1 aliphatic heterocycles. The van der Waals surface area contributed by atoms with Crippen LogP contribution < -0.4 is 10.1 Å². The summed E-state index contributed by atoms with van der Waals surface area (Å²) in [5, 5.41) is 4.24. The number of anilines is 1. The first-order valence-corrected chi connectivity index (χ1v) is 8.48. The maximum Gasteiger partial charge on any atom is 0.322 e. The number of aromatic nitrogens is 1. The van der Waals surface area contributed by atoms with Gasteiger partial charge in [-0.25, -0.2) is 4.79 Å². The first-order chi connectivity index (χ1) is 12.2. The van der Waals surface area contributed by atoms with Crippen molar-refractivity contribution in [1.29, 1.82) is 0 Å². The lowest BCUT2D eigenvalue weighted by Crippen LogP contribution is -2.41. The zero-order valence-electron chi connectivity index (χ0n) is 14.4. The van der Waals surface area contributed by atoms with Crippen LogP contribution in [0.25, 0.3) is 10.9 Å². The van der Waals surface area contributed by atoms with E-state index in [1.165, 1.54) is 10.9 Å². The minimum absolute atomic E-state index is 0.00870. The molecule has 0 saturated heterocycles. The molecule has 2 heterocycles. The molecule has 25 heavy (non-hydrogen) atoms. The van der Waals surface area contributed by atoms with Gasteiger partial charge in [0, 0.05) is 28.8 Å². The van der Waals surface area contributed by atoms with Crippen molar-refractivity contribution in [3.8, 4) is 5.75 Å². The Morgan fingerprint density at radius 2 is 1.96 bits per heavy atom. The maximum atomic E-state index is 12.7. The van der Waals surface area contributed by atoms with E-state index in [-0.39, 0.29) is 12.1 Å². The average Bonchev–Trinajstić information content (AvgIpc) is 3.02. The van der Waals surface area contributed by atoms with Crippen LogP contribution in [0.3, 0.4) is 0 Å². The fourth-order valence-corrected chi connectivity index (χ4v) is 3.58. The molecule has 1 aliphatic rings. The molecule has 2 N–H and O–H groups in total. The summed E-state index contributed by atoms with van der Waals surface area (Å²) in [6, 6.07) is 15.6. The van der Waals surface area contributed by atoms with E-state index in [0.717, 1.165) is 29.1 Å².